The highest BCUT2D eigenvalue weighted by atomic mass is 16.5. The predicted octanol–water partition coefficient (Wildman–Crippen LogP) is 3.09. The Kier molecular flexibility index (Phi) is 5.40. The van der Waals surface area contributed by atoms with E-state index in [0.29, 0.717) is 29.6 Å². The van der Waals surface area contributed by atoms with Crippen molar-refractivity contribution in [1.82, 2.24) is 4.98 Å². The van der Waals surface area contributed by atoms with Crippen molar-refractivity contribution >= 4 is 23.3 Å². The molecule has 1 aromatic carbocycles. The molecule has 0 spiro atoms. The third-order valence-corrected chi connectivity index (χ3v) is 3.95. The van der Waals surface area contributed by atoms with Crippen LogP contribution in [0.25, 0.3) is 0 Å². The van der Waals surface area contributed by atoms with E-state index in [0.717, 1.165) is 0 Å². The summed E-state index contributed by atoms with van der Waals surface area (Å²) >= 11 is 0. The molecule has 25 heavy (non-hydrogen) atoms. The first kappa shape index (κ1) is 17.1. The number of carbonyl (C=O) groups excluding carboxylic acids is 2. The van der Waals surface area contributed by atoms with Gasteiger partial charge >= 0.3 is 0 Å². The van der Waals surface area contributed by atoms with Crippen LogP contribution in [0.3, 0.4) is 0 Å². The van der Waals surface area contributed by atoms with Gasteiger partial charge in [-0.1, -0.05) is 12.1 Å². The van der Waals surface area contributed by atoms with Crippen LogP contribution in [0.15, 0.2) is 48.7 Å². The standard InChI is InChI=1S/C19H21N3O3/c1-13(25-12-14-8-9-14)18(23)21-16-6-4-5-15(11-16)19(24)22-17-7-2-3-10-20-17/h2-7,10-11,13-14H,8-9,12H2,1H3,(H,21,23)(H,20,22,24)/t13-/m0/s1. The van der Waals surface area contributed by atoms with Gasteiger partial charge in [-0.25, -0.2) is 4.98 Å². The lowest BCUT2D eigenvalue weighted by Gasteiger charge is -2.13. The molecule has 0 aliphatic heterocycles. The van der Waals surface area contributed by atoms with Crippen LogP contribution in [-0.4, -0.2) is 29.5 Å². The zero-order chi connectivity index (χ0) is 17.6. The minimum absolute atomic E-state index is 0.220. The number of hydrogen-bond acceptors (Lipinski definition) is 4. The quantitative estimate of drug-likeness (QED) is 0.812. The van der Waals surface area contributed by atoms with E-state index in [1.54, 1.807) is 55.6 Å². The monoisotopic (exact) mass is 339 g/mol. The summed E-state index contributed by atoms with van der Waals surface area (Å²) in [6.45, 7) is 2.36. The van der Waals surface area contributed by atoms with E-state index in [2.05, 4.69) is 15.6 Å². The lowest BCUT2D eigenvalue weighted by Crippen LogP contribution is -2.28. The topological polar surface area (TPSA) is 80.3 Å². The Hall–Kier alpha value is -2.73. The molecule has 2 amide bonds. The van der Waals surface area contributed by atoms with Crippen molar-refractivity contribution in [1.29, 1.82) is 0 Å². The van der Waals surface area contributed by atoms with Gasteiger partial charge < -0.3 is 15.4 Å². The molecule has 0 radical (unpaired) electrons. The van der Waals surface area contributed by atoms with Gasteiger partial charge in [0.15, 0.2) is 0 Å². The molecular formula is C19H21N3O3. The highest BCUT2D eigenvalue weighted by molar-refractivity contribution is 6.05. The van der Waals surface area contributed by atoms with Crippen LogP contribution < -0.4 is 10.6 Å². The average molecular weight is 339 g/mol. The van der Waals surface area contributed by atoms with Crippen molar-refractivity contribution < 1.29 is 14.3 Å². The Bertz CT molecular complexity index is 745. The number of hydrogen-bond donors (Lipinski definition) is 2. The predicted molar refractivity (Wildman–Crippen MR) is 95.4 cm³/mol. The number of anilines is 2. The van der Waals surface area contributed by atoms with Crippen LogP contribution in [0.5, 0.6) is 0 Å². The SMILES string of the molecule is C[C@H](OCC1CC1)C(=O)Nc1cccc(C(=O)Nc2ccccn2)c1. The lowest BCUT2D eigenvalue weighted by atomic mass is 10.2. The molecule has 3 rings (SSSR count). The maximum absolute atomic E-state index is 12.3. The number of benzene rings is 1. The van der Waals surface area contributed by atoms with Gasteiger partial charge in [0, 0.05) is 17.4 Å². The summed E-state index contributed by atoms with van der Waals surface area (Å²) in [5, 5.41) is 5.50. The second kappa shape index (κ2) is 7.90. The summed E-state index contributed by atoms with van der Waals surface area (Å²) in [7, 11) is 0. The molecule has 2 N–H and O–H groups in total. The molecule has 0 bridgehead atoms. The van der Waals surface area contributed by atoms with Crippen LogP contribution >= 0.6 is 0 Å². The third-order valence-electron chi connectivity index (χ3n) is 3.95. The molecule has 2 aromatic rings. The van der Waals surface area contributed by atoms with E-state index >= 15 is 0 Å². The van der Waals surface area contributed by atoms with Gasteiger partial charge in [-0.3, -0.25) is 9.59 Å². The number of nitrogens with one attached hydrogen (secondary N) is 2. The Morgan fingerprint density at radius 3 is 2.76 bits per heavy atom. The minimum Gasteiger partial charge on any atom is -0.368 e. The fourth-order valence-corrected chi connectivity index (χ4v) is 2.25. The second-order valence-corrected chi connectivity index (χ2v) is 6.16. The van der Waals surface area contributed by atoms with E-state index in [9.17, 15) is 9.59 Å². The van der Waals surface area contributed by atoms with Gasteiger partial charge in [0.25, 0.3) is 11.8 Å². The molecule has 0 unspecified atom stereocenters. The maximum Gasteiger partial charge on any atom is 0.256 e. The summed E-state index contributed by atoms with van der Waals surface area (Å²) in [4.78, 5) is 28.5. The Balaban J connectivity index is 1.58. The molecule has 0 saturated heterocycles. The zero-order valence-corrected chi connectivity index (χ0v) is 14.1. The Morgan fingerprint density at radius 1 is 1.20 bits per heavy atom. The zero-order valence-electron chi connectivity index (χ0n) is 14.1. The fourth-order valence-electron chi connectivity index (χ4n) is 2.25. The summed E-state index contributed by atoms with van der Waals surface area (Å²) in [6.07, 6.45) is 3.45. The number of ether oxygens (including phenoxy) is 1. The molecule has 1 aromatic heterocycles. The first-order valence-electron chi connectivity index (χ1n) is 8.37. The molecule has 1 aliphatic rings. The van der Waals surface area contributed by atoms with E-state index < -0.39 is 6.10 Å². The molecule has 1 fully saturated rings. The molecule has 1 heterocycles. The van der Waals surface area contributed by atoms with E-state index in [1.165, 1.54) is 12.8 Å². The highest BCUT2D eigenvalue weighted by Crippen LogP contribution is 2.29. The van der Waals surface area contributed by atoms with Crippen molar-refractivity contribution in [2.75, 3.05) is 17.2 Å². The van der Waals surface area contributed by atoms with Crippen molar-refractivity contribution in [3.63, 3.8) is 0 Å². The number of carbonyl (C=O) groups is 2. The minimum atomic E-state index is -0.522. The number of nitrogens with zero attached hydrogens (tertiary/aromatic N) is 1. The van der Waals surface area contributed by atoms with E-state index in [1.807, 2.05) is 0 Å². The van der Waals surface area contributed by atoms with E-state index in [-0.39, 0.29) is 11.8 Å². The van der Waals surface area contributed by atoms with Gasteiger partial charge in [0.05, 0.1) is 6.61 Å². The number of rotatable bonds is 7. The Labute approximate surface area is 146 Å². The van der Waals surface area contributed by atoms with Gasteiger partial charge in [-0.15, -0.1) is 0 Å². The summed E-state index contributed by atoms with van der Waals surface area (Å²) < 4.78 is 5.56. The van der Waals surface area contributed by atoms with Gasteiger partial charge in [-0.2, -0.15) is 0 Å². The van der Waals surface area contributed by atoms with Crippen LogP contribution in [0.2, 0.25) is 0 Å². The molecule has 6 heteroatoms. The average Bonchev–Trinajstić information content (AvgIpc) is 3.45. The smallest absolute Gasteiger partial charge is 0.256 e. The van der Waals surface area contributed by atoms with Crippen molar-refractivity contribution in [3.05, 3.63) is 54.2 Å². The number of aromatic nitrogens is 1. The van der Waals surface area contributed by atoms with Crippen molar-refractivity contribution in [2.45, 2.75) is 25.9 Å². The fraction of sp³-hybridized carbons (Fsp3) is 0.316. The summed E-state index contributed by atoms with van der Waals surface area (Å²) in [6, 6.07) is 12.1. The largest absolute Gasteiger partial charge is 0.368 e. The van der Waals surface area contributed by atoms with Gasteiger partial charge in [0.2, 0.25) is 0 Å². The molecule has 1 aliphatic carbocycles. The first-order chi connectivity index (χ1) is 12.1. The third kappa shape index (κ3) is 5.12. The number of amides is 2. The first-order valence-corrected chi connectivity index (χ1v) is 8.37. The second-order valence-electron chi connectivity index (χ2n) is 6.16. The maximum atomic E-state index is 12.3. The molecule has 6 nitrogen and oxygen atoms in total. The summed E-state index contributed by atoms with van der Waals surface area (Å²) in [5.41, 5.74) is 0.996. The van der Waals surface area contributed by atoms with Crippen LogP contribution in [0, 0.1) is 5.92 Å². The molecular weight excluding hydrogens is 318 g/mol. The van der Waals surface area contributed by atoms with Crippen LogP contribution in [0.4, 0.5) is 11.5 Å². The molecule has 1 atom stereocenters. The van der Waals surface area contributed by atoms with Crippen molar-refractivity contribution in [3.8, 4) is 0 Å². The number of pyridine rings is 1. The van der Waals surface area contributed by atoms with Crippen LogP contribution in [0.1, 0.15) is 30.1 Å². The summed E-state index contributed by atoms with van der Waals surface area (Å²) in [5.74, 6) is 0.577. The van der Waals surface area contributed by atoms with Gasteiger partial charge in [0.1, 0.15) is 11.9 Å². The molecule has 1 saturated carbocycles. The van der Waals surface area contributed by atoms with Crippen molar-refractivity contribution in [2.24, 2.45) is 5.92 Å². The lowest BCUT2D eigenvalue weighted by molar-refractivity contribution is -0.126. The Morgan fingerprint density at radius 2 is 2.04 bits per heavy atom. The van der Waals surface area contributed by atoms with Gasteiger partial charge in [-0.05, 0) is 56.0 Å². The normalized spacial score (nSPS) is 14.6. The molecule has 130 valence electrons. The van der Waals surface area contributed by atoms with E-state index in [4.69, 9.17) is 4.74 Å². The highest BCUT2D eigenvalue weighted by Gasteiger charge is 2.24. The van der Waals surface area contributed by atoms with Crippen LogP contribution in [-0.2, 0) is 9.53 Å².